The van der Waals surface area contributed by atoms with Gasteiger partial charge in [-0.3, -0.25) is 0 Å². The highest BCUT2D eigenvalue weighted by atomic mass is 16.6. The van der Waals surface area contributed by atoms with Gasteiger partial charge in [-0.25, -0.2) is 9.59 Å². The number of carbonyl (C=O) groups is 2. The number of esters is 1. The van der Waals surface area contributed by atoms with Gasteiger partial charge < -0.3 is 24.4 Å². The van der Waals surface area contributed by atoms with E-state index in [1.165, 1.54) is 17.7 Å². The molecule has 1 heterocycles. The quantitative estimate of drug-likeness (QED) is 0.158. The van der Waals surface area contributed by atoms with E-state index in [-0.39, 0.29) is 5.92 Å². The molecule has 7 nitrogen and oxygen atoms in total. The Morgan fingerprint density at radius 3 is 2.27 bits per heavy atom. The fraction of sp³-hybridized carbons (Fsp3) is 0.538. The average Bonchev–Trinajstić information content (AvgIpc) is 3.49. The van der Waals surface area contributed by atoms with Gasteiger partial charge in [0.1, 0.15) is 12.2 Å². The molecule has 0 aromatic heterocycles. The third kappa shape index (κ3) is 8.11. The molecule has 1 aliphatic carbocycles. The van der Waals surface area contributed by atoms with Crippen molar-refractivity contribution < 1.29 is 34.0 Å². The standard InChI is InChI=1S/C26H36O7/c1-19(2)12-11-16-25(3,30)24-23(31-4)20(15-17-26(24)18-32-26)33-22(29)14-10-8-6-5-7-9-13-21(27)28/h5-10,12-14,20,23-24,30H,11,15-18H2,1-4H3,(H,27,28)/b7-5+,8-6+,13-9+,14-10+. The highest BCUT2D eigenvalue weighted by Gasteiger charge is 2.64. The zero-order valence-electron chi connectivity index (χ0n) is 19.9. The molecule has 7 heteroatoms. The van der Waals surface area contributed by atoms with Gasteiger partial charge in [0.25, 0.3) is 0 Å². The van der Waals surface area contributed by atoms with Crippen LogP contribution in [0.1, 0.15) is 46.5 Å². The number of hydrogen-bond donors (Lipinski definition) is 2. The zero-order chi connectivity index (χ0) is 24.5. The number of aliphatic carboxylic acids is 1. The average molecular weight is 461 g/mol. The molecule has 1 saturated carbocycles. The third-order valence-electron chi connectivity index (χ3n) is 6.07. The molecular weight excluding hydrogens is 424 g/mol. The Balaban J connectivity index is 2.00. The van der Waals surface area contributed by atoms with Crippen LogP contribution in [0.5, 0.6) is 0 Å². The van der Waals surface area contributed by atoms with Crippen molar-refractivity contribution in [3.05, 3.63) is 60.3 Å². The van der Waals surface area contributed by atoms with E-state index < -0.39 is 35.3 Å². The molecule has 33 heavy (non-hydrogen) atoms. The molecule has 0 aromatic rings. The lowest BCUT2D eigenvalue weighted by Crippen LogP contribution is -2.58. The second-order valence-corrected chi connectivity index (χ2v) is 9.05. The van der Waals surface area contributed by atoms with Gasteiger partial charge in [-0.1, -0.05) is 48.1 Å². The predicted molar refractivity (Wildman–Crippen MR) is 126 cm³/mol. The van der Waals surface area contributed by atoms with Crippen LogP contribution in [-0.2, 0) is 23.8 Å². The van der Waals surface area contributed by atoms with Crippen LogP contribution in [0, 0.1) is 5.92 Å². The number of methoxy groups -OCH3 is 1. The van der Waals surface area contributed by atoms with Crippen LogP contribution >= 0.6 is 0 Å². The second-order valence-electron chi connectivity index (χ2n) is 9.05. The van der Waals surface area contributed by atoms with Crippen molar-refractivity contribution in [3.8, 4) is 0 Å². The van der Waals surface area contributed by atoms with E-state index in [2.05, 4.69) is 6.08 Å². The molecule has 1 saturated heterocycles. The summed E-state index contributed by atoms with van der Waals surface area (Å²) in [4.78, 5) is 22.7. The monoisotopic (exact) mass is 460 g/mol. The van der Waals surface area contributed by atoms with Gasteiger partial charge in [-0.2, -0.15) is 0 Å². The smallest absolute Gasteiger partial charge is 0.331 e. The topological polar surface area (TPSA) is 106 Å². The van der Waals surface area contributed by atoms with E-state index in [0.29, 0.717) is 25.9 Å². The van der Waals surface area contributed by atoms with Crippen molar-refractivity contribution >= 4 is 11.9 Å². The maximum Gasteiger partial charge on any atom is 0.331 e. The normalized spacial score (nSPS) is 29.2. The van der Waals surface area contributed by atoms with Crippen LogP contribution in [0.4, 0.5) is 0 Å². The van der Waals surface area contributed by atoms with Crippen LogP contribution < -0.4 is 0 Å². The molecule has 2 aliphatic rings. The van der Waals surface area contributed by atoms with E-state index in [0.717, 1.165) is 12.5 Å². The number of carbonyl (C=O) groups excluding carboxylic acids is 1. The SMILES string of the molecule is COC1C(OC(=O)/C=C/C=C/C=C/C=C/C(=O)O)CCC2(CO2)C1C(C)(O)CCC=C(C)C. The minimum atomic E-state index is -1.03. The second kappa shape index (κ2) is 12.1. The Hall–Kier alpha value is -2.48. The minimum Gasteiger partial charge on any atom is -0.478 e. The summed E-state index contributed by atoms with van der Waals surface area (Å²) in [6.07, 6.45) is 15.6. The fourth-order valence-corrected chi connectivity index (χ4v) is 4.50. The maximum atomic E-state index is 12.4. The summed E-state index contributed by atoms with van der Waals surface area (Å²) in [7, 11) is 1.58. The van der Waals surface area contributed by atoms with Crippen molar-refractivity contribution in [3.63, 3.8) is 0 Å². The summed E-state index contributed by atoms with van der Waals surface area (Å²) < 4.78 is 17.3. The summed E-state index contributed by atoms with van der Waals surface area (Å²) in [6.45, 7) is 6.46. The number of hydrogen-bond acceptors (Lipinski definition) is 6. The van der Waals surface area contributed by atoms with E-state index >= 15 is 0 Å². The first-order valence-electron chi connectivity index (χ1n) is 11.3. The Morgan fingerprint density at radius 1 is 1.12 bits per heavy atom. The van der Waals surface area contributed by atoms with Crippen molar-refractivity contribution in [2.24, 2.45) is 5.92 Å². The molecule has 0 amide bonds. The molecule has 0 radical (unpaired) electrons. The maximum absolute atomic E-state index is 12.4. The van der Waals surface area contributed by atoms with Crippen LogP contribution in [0.3, 0.4) is 0 Å². The first-order valence-corrected chi connectivity index (χ1v) is 11.3. The zero-order valence-corrected chi connectivity index (χ0v) is 19.9. The molecule has 2 rings (SSSR count). The van der Waals surface area contributed by atoms with Gasteiger partial charge in [-0.15, -0.1) is 0 Å². The lowest BCUT2D eigenvalue weighted by Gasteiger charge is -2.47. The summed E-state index contributed by atoms with van der Waals surface area (Å²) in [5.74, 6) is -1.81. The van der Waals surface area contributed by atoms with Gasteiger partial charge in [0.2, 0.25) is 0 Å². The number of carboxylic acid groups (broad SMARTS) is 1. The van der Waals surface area contributed by atoms with Gasteiger partial charge in [-0.05, 0) is 46.5 Å². The Labute approximate surface area is 196 Å². The van der Waals surface area contributed by atoms with Crippen LogP contribution in [0.2, 0.25) is 0 Å². The molecule has 5 unspecified atom stereocenters. The third-order valence-corrected chi connectivity index (χ3v) is 6.07. The van der Waals surface area contributed by atoms with Gasteiger partial charge in [0.05, 0.1) is 17.8 Å². The number of rotatable bonds is 11. The number of carboxylic acids is 1. The minimum absolute atomic E-state index is 0.306. The summed E-state index contributed by atoms with van der Waals surface area (Å²) in [6, 6.07) is 0. The molecule has 1 spiro atoms. The summed E-state index contributed by atoms with van der Waals surface area (Å²) in [5, 5.41) is 19.9. The Bertz CT molecular complexity index is 824. The predicted octanol–water partition coefficient (Wildman–Crippen LogP) is 3.90. The van der Waals surface area contributed by atoms with Crippen LogP contribution in [0.15, 0.2) is 60.3 Å². The van der Waals surface area contributed by atoms with E-state index in [1.807, 2.05) is 20.8 Å². The van der Waals surface area contributed by atoms with Gasteiger partial charge >= 0.3 is 11.9 Å². The Morgan fingerprint density at radius 2 is 1.73 bits per heavy atom. The molecule has 5 atom stereocenters. The van der Waals surface area contributed by atoms with Crippen LogP contribution in [-0.4, -0.2) is 59.3 Å². The highest BCUT2D eigenvalue weighted by molar-refractivity contribution is 5.82. The number of epoxide rings is 1. The highest BCUT2D eigenvalue weighted by Crippen LogP contribution is 2.52. The first-order chi connectivity index (χ1) is 15.6. The first kappa shape index (κ1) is 26.8. The molecule has 2 N–H and O–H groups in total. The largest absolute Gasteiger partial charge is 0.478 e. The molecular formula is C26H36O7. The van der Waals surface area contributed by atoms with Gasteiger partial charge in [0.15, 0.2) is 0 Å². The van der Waals surface area contributed by atoms with Crippen LogP contribution in [0.25, 0.3) is 0 Å². The molecule has 2 fully saturated rings. The molecule has 0 aromatic carbocycles. The van der Waals surface area contributed by atoms with Crippen molar-refractivity contribution in [1.82, 2.24) is 0 Å². The lowest BCUT2D eigenvalue weighted by molar-refractivity contribution is -0.185. The van der Waals surface area contributed by atoms with Gasteiger partial charge in [0, 0.05) is 25.2 Å². The summed E-state index contributed by atoms with van der Waals surface area (Å²) in [5.41, 5.74) is -0.248. The number of aliphatic hydroxyl groups is 1. The van der Waals surface area contributed by atoms with Crippen molar-refractivity contribution in [2.45, 2.75) is 69.9 Å². The molecule has 0 bridgehead atoms. The lowest BCUT2D eigenvalue weighted by atomic mass is 9.66. The van der Waals surface area contributed by atoms with Crippen molar-refractivity contribution in [1.29, 1.82) is 0 Å². The molecule has 1 aliphatic heterocycles. The van der Waals surface area contributed by atoms with E-state index in [1.54, 1.807) is 37.5 Å². The fourth-order valence-electron chi connectivity index (χ4n) is 4.50. The Kier molecular flexibility index (Phi) is 9.83. The number of allylic oxidation sites excluding steroid dienone is 8. The van der Waals surface area contributed by atoms with E-state index in [9.17, 15) is 14.7 Å². The van der Waals surface area contributed by atoms with Crippen molar-refractivity contribution in [2.75, 3.05) is 13.7 Å². The molecule has 182 valence electrons. The summed E-state index contributed by atoms with van der Waals surface area (Å²) >= 11 is 0. The van der Waals surface area contributed by atoms with E-state index in [4.69, 9.17) is 19.3 Å². The number of ether oxygens (including phenoxy) is 3.